The molecule has 0 saturated carbocycles. The fourth-order valence-electron chi connectivity index (χ4n) is 2.46. The zero-order valence-corrected chi connectivity index (χ0v) is 13.9. The average molecular weight is 301 g/mol. The molecular formula is C16H23N5O. The van der Waals surface area contributed by atoms with Crippen molar-refractivity contribution in [2.24, 2.45) is 0 Å². The van der Waals surface area contributed by atoms with Crippen LogP contribution in [0.2, 0.25) is 0 Å². The second-order valence-corrected chi connectivity index (χ2v) is 5.65. The third-order valence-corrected chi connectivity index (χ3v) is 3.64. The molecule has 6 heteroatoms. The largest absolute Gasteiger partial charge is 0.342 e. The Kier molecular flexibility index (Phi) is 4.90. The SMILES string of the molecule is Cc1cc(C)n(CCCN(C)C(=O)c2cnc(C)nc2C)n1. The lowest BCUT2D eigenvalue weighted by molar-refractivity contribution is 0.0789. The molecular weight excluding hydrogens is 278 g/mol. The number of nitrogens with zero attached hydrogens (tertiary/aromatic N) is 5. The lowest BCUT2D eigenvalue weighted by Crippen LogP contribution is -2.29. The van der Waals surface area contributed by atoms with Crippen molar-refractivity contribution in [2.45, 2.75) is 40.7 Å². The molecule has 0 spiro atoms. The molecule has 0 aliphatic heterocycles. The van der Waals surface area contributed by atoms with Crippen molar-refractivity contribution >= 4 is 5.91 Å². The highest BCUT2D eigenvalue weighted by Gasteiger charge is 2.15. The lowest BCUT2D eigenvalue weighted by Gasteiger charge is -2.18. The topological polar surface area (TPSA) is 63.9 Å². The first-order chi connectivity index (χ1) is 10.4. The van der Waals surface area contributed by atoms with Crippen LogP contribution in [0, 0.1) is 27.7 Å². The highest BCUT2D eigenvalue weighted by molar-refractivity contribution is 5.94. The third-order valence-electron chi connectivity index (χ3n) is 3.64. The van der Waals surface area contributed by atoms with E-state index in [9.17, 15) is 4.79 Å². The molecule has 118 valence electrons. The Balaban J connectivity index is 1.93. The molecule has 2 rings (SSSR count). The number of amides is 1. The van der Waals surface area contributed by atoms with Gasteiger partial charge in [-0.3, -0.25) is 9.48 Å². The van der Waals surface area contributed by atoms with Gasteiger partial charge in [0.2, 0.25) is 0 Å². The van der Waals surface area contributed by atoms with Crippen molar-refractivity contribution in [2.75, 3.05) is 13.6 Å². The van der Waals surface area contributed by atoms with E-state index < -0.39 is 0 Å². The van der Waals surface area contributed by atoms with Gasteiger partial charge in [-0.2, -0.15) is 5.10 Å². The zero-order chi connectivity index (χ0) is 16.3. The maximum absolute atomic E-state index is 12.4. The van der Waals surface area contributed by atoms with E-state index in [-0.39, 0.29) is 5.91 Å². The summed E-state index contributed by atoms with van der Waals surface area (Å²) >= 11 is 0. The molecule has 0 N–H and O–H groups in total. The zero-order valence-electron chi connectivity index (χ0n) is 13.9. The first-order valence-corrected chi connectivity index (χ1v) is 7.45. The Morgan fingerprint density at radius 1 is 1.27 bits per heavy atom. The molecule has 0 aliphatic rings. The highest BCUT2D eigenvalue weighted by atomic mass is 16.2. The minimum absolute atomic E-state index is 0.0362. The Morgan fingerprint density at radius 2 is 2.00 bits per heavy atom. The van der Waals surface area contributed by atoms with Crippen LogP contribution in [0.4, 0.5) is 0 Å². The van der Waals surface area contributed by atoms with Crippen LogP contribution in [0.1, 0.15) is 39.7 Å². The second kappa shape index (κ2) is 6.68. The van der Waals surface area contributed by atoms with Crippen LogP contribution in [-0.4, -0.2) is 44.1 Å². The Labute approximate surface area is 131 Å². The normalized spacial score (nSPS) is 10.8. The molecule has 22 heavy (non-hydrogen) atoms. The number of rotatable bonds is 5. The fourth-order valence-corrected chi connectivity index (χ4v) is 2.46. The van der Waals surface area contributed by atoms with Crippen LogP contribution in [0.3, 0.4) is 0 Å². The highest BCUT2D eigenvalue weighted by Crippen LogP contribution is 2.08. The summed E-state index contributed by atoms with van der Waals surface area (Å²) in [6.07, 6.45) is 2.47. The molecule has 0 atom stereocenters. The number of carbonyl (C=O) groups is 1. The van der Waals surface area contributed by atoms with Gasteiger partial charge in [0, 0.05) is 32.0 Å². The molecule has 2 aromatic rings. The molecule has 2 heterocycles. The monoisotopic (exact) mass is 301 g/mol. The maximum atomic E-state index is 12.4. The lowest BCUT2D eigenvalue weighted by atomic mass is 10.2. The summed E-state index contributed by atoms with van der Waals surface area (Å²) in [6, 6.07) is 2.06. The number of aryl methyl sites for hydroxylation is 5. The van der Waals surface area contributed by atoms with Crippen molar-refractivity contribution in [3.05, 3.63) is 40.7 Å². The predicted octanol–water partition coefficient (Wildman–Crippen LogP) is 2.07. The summed E-state index contributed by atoms with van der Waals surface area (Å²) in [6.45, 7) is 9.16. The molecule has 0 radical (unpaired) electrons. The van der Waals surface area contributed by atoms with Gasteiger partial charge in [0.05, 0.1) is 17.0 Å². The van der Waals surface area contributed by atoms with Crippen LogP contribution >= 0.6 is 0 Å². The van der Waals surface area contributed by atoms with Crippen LogP contribution in [0.25, 0.3) is 0 Å². The van der Waals surface area contributed by atoms with Gasteiger partial charge in [0.1, 0.15) is 5.82 Å². The number of hydrogen-bond donors (Lipinski definition) is 0. The summed E-state index contributed by atoms with van der Waals surface area (Å²) in [4.78, 5) is 22.5. The van der Waals surface area contributed by atoms with E-state index >= 15 is 0 Å². The van der Waals surface area contributed by atoms with E-state index in [1.54, 1.807) is 11.1 Å². The van der Waals surface area contributed by atoms with Gasteiger partial charge in [0.15, 0.2) is 0 Å². The minimum atomic E-state index is -0.0362. The van der Waals surface area contributed by atoms with Crippen LogP contribution in [0.5, 0.6) is 0 Å². The molecule has 0 aliphatic carbocycles. The van der Waals surface area contributed by atoms with Crippen molar-refractivity contribution in [3.8, 4) is 0 Å². The Morgan fingerprint density at radius 3 is 2.59 bits per heavy atom. The van der Waals surface area contributed by atoms with Crippen molar-refractivity contribution in [1.82, 2.24) is 24.6 Å². The number of aromatic nitrogens is 4. The summed E-state index contributed by atoms with van der Waals surface area (Å²) in [5.41, 5.74) is 3.46. The molecule has 0 fully saturated rings. The van der Waals surface area contributed by atoms with Gasteiger partial charge in [-0.15, -0.1) is 0 Å². The van der Waals surface area contributed by atoms with E-state index in [2.05, 4.69) is 21.1 Å². The van der Waals surface area contributed by atoms with E-state index in [1.165, 1.54) is 0 Å². The quantitative estimate of drug-likeness (QED) is 0.848. The Bertz CT molecular complexity index is 677. The first-order valence-electron chi connectivity index (χ1n) is 7.45. The third kappa shape index (κ3) is 3.69. The molecule has 2 aromatic heterocycles. The van der Waals surface area contributed by atoms with E-state index in [0.29, 0.717) is 17.9 Å². The average Bonchev–Trinajstić information content (AvgIpc) is 2.76. The van der Waals surface area contributed by atoms with E-state index in [4.69, 9.17) is 0 Å². The molecule has 0 saturated heterocycles. The molecule has 1 amide bonds. The summed E-state index contributed by atoms with van der Waals surface area (Å²) in [5, 5.41) is 4.43. The minimum Gasteiger partial charge on any atom is -0.342 e. The summed E-state index contributed by atoms with van der Waals surface area (Å²) in [5.74, 6) is 0.645. The van der Waals surface area contributed by atoms with Gasteiger partial charge in [-0.25, -0.2) is 9.97 Å². The summed E-state index contributed by atoms with van der Waals surface area (Å²) < 4.78 is 1.98. The number of hydrogen-bond acceptors (Lipinski definition) is 4. The summed E-state index contributed by atoms with van der Waals surface area (Å²) in [7, 11) is 1.81. The van der Waals surface area contributed by atoms with Gasteiger partial charge in [0.25, 0.3) is 5.91 Å². The van der Waals surface area contributed by atoms with Gasteiger partial charge in [-0.05, 0) is 40.2 Å². The fraction of sp³-hybridized carbons (Fsp3) is 0.500. The smallest absolute Gasteiger partial charge is 0.257 e. The molecule has 6 nitrogen and oxygen atoms in total. The van der Waals surface area contributed by atoms with Crippen LogP contribution < -0.4 is 0 Å². The van der Waals surface area contributed by atoms with Crippen LogP contribution in [-0.2, 0) is 6.54 Å². The number of carbonyl (C=O) groups excluding carboxylic acids is 1. The van der Waals surface area contributed by atoms with Crippen LogP contribution in [0.15, 0.2) is 12.3 Å². The predicted molar refractivity (Wildman–Crippen MR) is 84.8 cm³/mol. The maximum Gasteiger partial charge on any atom is 0.257 e. The second-order valence-electron chi connectivity index (χ2n) is 5.65. The van der Waals surface area contributed by atoms with Crippen molar-refractivity contribution in [1.29, 1.82) is 0 Å². The van der Waals surface area contributed by atoms with E-state index in [0.717, 1.165) is 30.0 Å². The van der Waals surface area contributed by atoms with Crippen molar-refractivity contribution < 1.29 is 4.79 Å². The van der Waals surface area contributed by atoms with Crippen molar-refractivity contribution in [3.63, 3.8) is 0 Å². The van der Waals surface area contributed by atoms with Gasteiger partial charge in [-0.1, -0.05) is 0 Å². The first kappa shape index (κ1) is 16.1. The Hall–Kier alpha value is -2.24. The van der Waals surface area contributed by atoms with Gasteiger partial charge < -0.3 is 4.90 Å². The standard InChI is InChI=1S/C16H23N5O/c1-11-9-12(2)21(19-11)8-6-7-20(5)16(22)15-10-17-14(4)18-13(15)3/h9-10H,6-8H2,1-5H3. The molecule has 0 aromatic carbocycles. The van der Waals surface area contributed by atoms with Gasteiger partial charge >= 0.3 is 0 Å². The molecule has 0 bridgehead atoms. The van der Waals surface area contributed by atoms with E-state index in [1.807, 2.05) is 39.4 Å². The molecule has 0 unspecified atom stereocenters.